The maximum absolute atomic E-state index is 11.6. The third-order valence-electron chi connectivity index (χ3n) is 3.71. The van der Waals surface area contributed by atoms with Gasteiger partial charge in [-0.05, 0) is 37.8 Å². The molecular formula is C15H22N2O2. The maximum Gasteiger partial charge on any atom is 0.338 e. The first-order valence-electron chi connectivity index (χ1n) is 7.07. The van der Waals surface area contributed by atoms with Gasteiger partial charge in [-0.3, -0.25) is 0 Å². The van der Waals surface area contributed by atoms with E-state index in [4.69, 9.17) is 4.74 Å². The molecular weight excluding hydrogens is 240 g/mol. The Morgan fingerprint density at radius 2 is 2.37 bits per heavy atom. The molecule has 4 nitrogen and oxygen atoms in total. The van der Waals surface area contributed by atoms with Gasteiger partial charge in [-0.25, -0.2) is 9.78 Å². The van der Waals surface area contributed by atoms with E-state index in [0.717, 1.165) is 12.4 Å². The van der Waals surface area contributed by atoms with Crippen LogP contribution in [0.1, 0.15) is 49.4 Å². The Kier molecular flexibility index (Phi) is 4.77. The van der Waals surface area contributed by atoms with Crippen molar-refractivity contribution < 1.29 is 9.53 Å². The molecule has 1 fully saturated rings. The van der Waals surface area contributed by atoms with Crippen molar-refractivity contribution in [3.63, 3.8) is 0 Å². The minimum absolute atomic E-state index is 0.298. The van der Waals surface area contributed by atoms with Crippen molar-refractivity contribution in [2.75, 3.05) is 18.6 Å². The van der Waals surface area contributed by atoms with Gasteiger partial charge < -0.3 is 9.64 Å². The molecule has 19 heavy (non-hydrogen) atoms. The summed E-state index contributed by atoms with van der Waals surface area (Å²) in [6.45, 7) is 3.24. The number of anilines is 1. The van der Waals surface area contributed by atoms with E-state index >= 15 is 0 Å². The fraction of sp³-hybridized carbons (Fsp3) is 0.600. The zero-order chi connectivity index (χ0) is 13.7. The number of ether oxygens (including phenoxy) is 1. The van der Waals surface area contributed by atoms with Crippen molar-refractivity contribution in [3.8, 4) is 0 Å². The highest BCUT2D eigenvalue weighted by molar-refractivity contribution is 5.90. The molecule has 1 aliphatic rings. The first-order valence-corrected chi connectivity index (χ1v) is 7.07. The largest absolute Gasteiger partial charge is 0.465 e. The second-order valence-corrected chi connectivity index (χ2v) is 5.03. The Labute approximate surface area is 114 Å². The average molecular weight is 262 g/mol. The highest BCUT2D eigenvalue weighted by atomic mass is 16.5. The molecule has 4 heteroatoms. The molecule has 1 aromatic rings. The van der Waals surface area contributed by atoms with Crippen molar-refractivity contribution in [3.05, 3.63) is 23.9 Å². The van der Waals surface area contributed by atoms with Gasteiger partial charge >= 0.3 is 5.97 Å². The summed E-state index contributed by atoms with van der Waals surface area (Å²) in [5, 5.41) is 0. The summed E-state index contributed by atoms with van der Waals surface area (Å²) in [6.07, 6.45) is 7.77. The highest BCUT2D eigenvalue weighted by Gasteiger charge is 2.23. The van der Waals surface area contributed by atoms with Crippen molar-refractivity contribution in [2.24, 2.45) is 0 Å². The average Bonchev–Trinajstić information content (AvgIpc) is 2.47. The molecule has 104 valence electrons. The van der Waals surface area contributed by atoms with E-state index in [0.29, 0.717) is 11.6 Å². The Balaban J connectivity index is 2.21. The van der Waals surface area contributed by atoms with Gasteiger partial charge in [-0.2, -0.15) is 0 Å². The smallest absolute Gasteiger partial charge is 0.338 e. The number of rotatable bonds is 4. The topological polar surface area (TPSA) is 42.4 Å². The van der Waals surface area contributed by atoms with Crippen molar-refractivity contribution in [1.82, 2.24) is 4.98 Å². The third-order valence-corrected chi connectivity index (χ3v) is 3.71. The summed E-state index contributed by atoms with van der Waals surface area (Å²) in [5.41, 5.74) is 0.577. The lowest BCUT2D eigenvalue weighted by molar-refractivity contribution is 0.0600. The van der Waals surface area contributed by atoms with Crippen LogP contribution in [0.3, 0.4) is 0 Å². The Morgan fingerprint density at radius 3 is 3.11 bits per heavy atom. The lowest BCUT2D eigenvalue weighted by Gasteiger charge is -2.36. The molecule has 1 atom stereocenters. The van der Waals surface area contributed by atoms with E-state index in [1.54, 1.807) is 12.3 Å². The molecule has 0 N–H and O–H groups in total. The lowest BCUT2D eigenvalue weighted by Crippen LogP contribution is -2.40. The molecule has 0 aliphatic carbocycles. The third kappa shape index (κ3) is 3.25. The first kappa shape index (κ1) is 13.8. The minimum Gasteiger partial charge on any atom is -0.465 e. The normalized spacial score (nSPS) is 19.3. The molecule has 0 spiro atoms. The van der Waals surface area contributed by atoms with Crippen LogP contribution in [0.5, 0.6) is 0 Å². The van der Waals surface area contributed by atoms with Gasteiger partial charge in [0.25, 0.3) is 0 Å². The zero-order valence-corrected chi connectivity index (χ0v) is 11.8. The number of pyridine rings is 1. The van der Waals surface area contributed by atoms with Crippen LogP contribution in [0.2, 0.25) is 0 Å². The molecule has 1 unspecified atom stereocenters. The van der Waals surface area contributed by atoms with Gasteiger partial charge in [0.15, 0.2) is 0 Å². The number of hydrogen-bond acceptors (Lipinski definition) is 4. The molecule has 0 amide bonds. The zero-order valence-electron chi connectivity index (χ0n) is 11.8. The van der Waals surface area contributed by atoms with Gasteiger partial charge in [0.05, 0.1) is 12.7 Å². The van der Waals surface area contributed by atoms with E-state index in [2.05, 4.69) is 16.8 Å². The van der Waals surface area contributed by atoms with E-state index < -0.39 is 0 Å². The predicted octanol–water partition coefficient (Wildman–Crippen LogP) is 3.03. The van der Waals surface area contributed by atoms with Crippen molar-refractivity contribution in [2.45, 2.75) is 45.1 Å². The van der Waals surface area contributed by atoms with Gasteiger partial charge in [0.2, 0.25) is 0 Å². The van der Waals surface area contributed by atoms with Crippen molar-refractivity contribution in [1.29, 1.82) is 0 Å². The second kappa shape index (κ2) is 6.55. The molecule has 0 aromatic carbocycles. The van der Waals surface area contributed by atoms with Crippen LogP contribution in [0, 0.1) is 0 Å². The number of hydrogen-bond donors (Lipinski definition) is 0. The van der Waals surface area contributed by atoms with Crippen LogP contribution in [0.15, 0.2) is 18.3 Å². The quantitative estimate of drug-likeness (QED) is 0.782. The number of esters is 1. The summed E-state index contributed by atoms with van der Waals surface area (Å²) in [5.74, 6) is 0.605. The summed E-state index contributed by atoms with van der Waals surface area (Å²) in [6, 6.07) is 4.10. The van der Waals surface area contributed by atoms with Gasteiger partial charge in [0, 0.05) is 18.8 Å². The van der Waals surface area contributed by atoms with E-state index in [-0.39, 0.29) is 5.97 Å². The van der Waals surface area contributed by atoms with Gasteiger partial charge in [-0.1, -0.05) is 13.3 Å². The fourth-order valence-corrected chi connectivity index (χ4v) is 2.76. The lowest BCUT2D eigenvalue weighted by atomic mass is 9.98. The summed E-state index contributed by atoms with van der Waals surface area (Å²) in [4.78, 5) is 18.4. The molecule has 0 bridgehead atoms. The van der Waals surface area contributed by atoms with Crippen LogP contribution in [0.4, 0.5) is 5.82 Å². The Hall–Kier alpha value is -1.58. The number of methoxy groups -OCH3 is 1. The van der Waals surface area contributed by atoms with Crippen LogP contribution >= 0.6 is 0 Å². The minimum atomic E-state index is -0.298. The summed E-state index contributed by atoms with van der Waals surface area (Å²) >= 11 is 0. The number of carbonyl (C=O) groups is 1. The van der Waals surface area contributed by atoms with Gasteiger partial charge in [0.1, 0.15) is 5.82 Å². The van der Waals surface area contributed by atoms with E-state index in [1.165, 1.54) is 39.2 Å². The number of carbonyl (C=O) groups excluding carboxylic acids is 1. The van der Waals surface area contributed by atoms with Gasteiger partial charge in [-0.15, -0.1) is 0 Å². The van der Waals surface area contributed by atoms with Crippen LogP contribution in [-0.2, 0) is 4.74 Å². The molecule has 1 aliphatic heterocycles. The summed E-state index contributed by atoms with van der Waals surface area (Å²) < 4.78 is 4.77. The Bertz CT molecular complexity index is 432. The SMILES string of the molecule is CCCC1CCCCN1c1cc(C(=O)OC)ccn1. The maximum atomic E-state index is 11.6. The molecule has 2 heterocycles. The van der Waals surface area contributed by atoms with E-state index in [1.807, 2.05) is 6.07 Å². The van der Waals surface area contributed by atoms with Crippen molar-refractivity contribution >= 4 is 11.8 Å². The highest BCUT2D eigenvalue weighted by Crippen LogP contribution is 2.26. The first-order chi connectivity index (χ1) is 9.26. The standard InChI is InChI=1S/C15H22N2O2/c1-3-6-13-7-4-5-10-17(13)14-11-12(8-9-16-14)15(18)19-2/h8-9,11,13H,3-7,10H2,1-2H3. The molecule has 0 radical (unpaired) electrons. The van der Waals surface area contributed by atoms with E-state index in [9.17, 15) is 4.79 Å². The monoisotopic (exact) mass is 262 g/mol. The number of piperidine rings is 1. The predicted molar refractivity (Wildman–Crippen MR) is 75.5 cm³/mol. The molecule has 2 rings (SSSR count). The second-order valence-electron chi connectivity index (χ2n) is 5.03. The van der Waals surface area contributed by atoms with Crippen LogP contribution in [0.25, 0.3) is 0 Å². The Morgan fingerprint density at radius 1 is 1.53 bits per heavy atom. The fourth-order valence-electron chi connectivity index (χ4n) is 2.76. The molecule has 0 saturated carbocycles. The number of aromatic nitrogens is 1. The summed E-state index contributed by atoms with van der Waals surface area (Å²) in [7, 11) is 1.41. The molecule has 1 aromatic heterocycles. The van der Waals surface area contributed by atoms with Crippen LogP contribution < -0.4 is 4.90 Å². The molecule has 1 saturated heterocycles. The number of nitrogens with zero attached hydrogens (tertiary/aromatic N) is 2. The van der Waals surface area contributed by atoms with Crippen LogP contribution in [-0.4, -0.2) is 30.6 Å².